The zero-order chi connectivity index (χ0) is 17.7. The molecule has 1 aromatic rings. The molecule has 0 aromatic heterocycles. The third-order valence-corrected chi connectivity index (χ3v) is 4.57. The van der Waals surface area contributed by atoms with E-state index >= 15 is 0 Å². The van der Waals surface area contributed by atoms with E-state index in [-0.39, 0.29) is 0 Å². The summed E-state index contributed by atoms with van der Waals surface area (Å²) >= 11 is 0. The maximum absolute atomic E-state index is 8.33. The lowest BCUT2D eigenvalue weighted by Gasteiger charge is -2.33. The molecular formula is C21H28N4. The molecule has 0 heterocycles. The average Bonchev–Trinajstić information content (AvgIpc) is 2.67. The molecule has 1 atom stereocenters. The van der Waals surface area contributed by atoms with Gasteiger partial charge < -0.3 is 4.90 Å². The molecule has 0 spiro atoms. The predicted molar refractivity (Wildman–Crippen MR) is 104 cm³/mol. The Kier molecular flexibility index (Phi) is 8.69. The van der Waals surface area contributed by atoms with E-state index in [4.69, 9.17) is 5.53 Å². The van der Waals surface area contributed by atoms with Gasteiger partial charge >= 0.3 is 0 Å². The van der Waals surface area contributed by atoms with Gasteiger partial charge in [-0.3, -0.25) is 0 Å². The topological polar surface area (TPSA) is 52.0 Å². The van der Waals surface area contributed by atoms with E-state index in [1.807, 2.05) is 18.2 Å². The Morgan fingerprint density at radius 1 is 1.20 bits per heavy atom. The lowest BCUT2D eigenvalue weighted by Crippen LogP contribution is -2.37. The summed E-state index contributed by atoms with van der Waals surface area (Å²) in [5.74, 6) is 6.61. The smallest absolute Gasteiger partial charge is 0.0258 e. The van der Waals surface area contributed by atoms with Gasteiger partial charge in [0.25, 0.3) is 0 Å². The first kappa shape index (κ1) is 19.1. The molecule has 0 amide bonds. The van der Waals surface area contributed by atoms with Crippen LogP contribution in [-0.2, 0) is 0 Å². The highest BCUT2D eigenvalue weighted by atomic mass is 15.2. The van der Waals surface area contributed by atoms with Crippen LogP contribution in [0.15, 0.2) is 47.1 Å². The Balaban J connectivity index is 1.85. The van der Waals surface area contributed by atoms with Crippen LogP contribution in [0.3, 0.4) is 0 Å². The van der Waals surface area contributed by atoms with Crippen molar-refractivity contribution >= 4 is 0 Å². The van der Waals surface area contributed by atoms with Crippen molar-refractivity contribution in [2.45, 2.75) is 51.5 Å². The van der Waals surface area contributed by atoms with Crippen molar-refractivity contribution in [3.05, 3.63) is 58.0 Å². The van der Waals surface area contributed by atoms with Crippen LogP contribution in [0.25, 0.3) is 10.4 Å². The number of hydrogen-bond donors (Lipinski definition) is 0. The molecule has 0 radical (unpaired) electrons. The Labute approximate surface area is 151 Å². The van der Waals surface area contributed by atoms with E-state index in [0.29, 0.717) is 12.6 Å². The van der Waals surface area contributed by atoms with Gasteiger partial charge in [-0.2, -0.15) is 0 Å². The maximum atomic E-state index is 8.33. The first-order valence-corrected chi connectivity index (χ1v) is 9.34. The summed E-state index contributed by atoms with van der Waals surface area (Å²) in [4.78, 5) is 5.42. The van der Waals surface area contributed by atoms with E-state index in [1.54, 1.807) is 0 Å². The lowest BCUT2D eigenvalue weighted by molar-refractivity contribution is 0.180. The van der Waals surface area contributed by atoms with E-state index in [2.05, 4.69) is 51.9 Å². The van der Waals surface area contributed by atoms with Gasteiger partial charge in [-0.25, -0.2) is 0 Å². The molecule has 1 aromatic carbocycles. The molecule has 1 aliphatic carbocycles. The van der Waals surface area contributed by atoms with Crippen LogP contribution in [0.5, 0.6) is 0 Å². The molecule has 2 rings (SSSR count). The van der Waals surface area contributed by atoms with Gasteiger partial charge in [0, 0.05) is 23.1 Å². The minimum Gasteiger partial charge on any atom is -0.300 e. The number of benzene rings is 1. The van der Waals surface area contributed by atoms with Gasteiger partial charge in [0.15, 0.2) is 0 Å². The van der Waals surface area contributed by atoms with Crippen LogP contribution in [0.4, 0.5) is 0 Å². The number of allylic oxidation sites excluding steroid dienone is 1. The maximum Gasteiger partial charge on any atom is 0.0258 e. The number of unbranched alkanes of at least 4 members (excludes halogenated alkanes) is 1. The standard InChI is InChI=1S/C21H28N4/c1-2-17-25(18-7-6-16-23-24-22)21-14-12-20(13-15-21)11-10-19-8-4-3-5-9-19/h3-5,8-9,12,21H,2,6-7,13-18H2,1H3. The lowest BCUT2D eigenvalue weighted by atomic mass is 9.93. The molecule has 4 nitrogen and oxygen atoms in total. The van der Waals surface area contributed by atoms with Crippen LogP contribution in [0.2, 0.25) is 0 Å². The van der Waals surface area contributed by atoms with Crippen LogP contribution >= 0.6 is 0 Å². The van der Waals surface area contributed by atoms with Gasteiger partial charge in [-0.1, -0.05) is 48.2 Å². The molecule has 1 aliphatic rings. The van der Waals surface area contributed by atoms with E-state index < -0.39 is 0 Å². The van der Waals surface area contributed by atoms with Crippen LogP contribution in [-0.4, -0.2) is 30.6 Å². The average molecular weight is 336 g/mol. The first-order chi connectivity index (χ1) is 12.3. The second-order valence-electron chi connectivity index (χ2n) is 6.47. The molecule has 25 heavy (non-hydrogen) atoms. The quantitative estimate of drug-likeness (QED) is 0.208. The first-order valence-electron chi connectivity index (χ1n) is 9.34. The number of rotatable bonds is 8. The molecule has 0 aliphatic heterocycles. The molecule has 0 fully saturated rings. The van der Waals surface area contributed by atoms with Crippen LogP contribution < -0.4 is 0 Å². The predicted octanol–water partition coefficient (Wildman–Crippen LogP) is 5.32. The Bertz CT molecular complexity index is 647. The summed E-state index contributed by atoms with van der Waals surface area (Å²) in [6, 6.07) is 10.8. The third-order valence-electron chi connectivity index (χ3n) is 4.57. The number of hydrogen-bond acceptors (Lipinski definition) is 2. The highest BCUT2D eigenvalue weighted by Crippen LogP contribution is 2.23. The van der Waals surface area contributed by atoms with Crippen LogP contribution in [0, 0.1) is 11.8 Å². The second kappa shape index (κ2) is 11.4. The number of nitrogens with zero attached hydrogens (tertiary/aromatic N) is 4. The van der Waals surface area contributed by atoms with Crippen molar-refractivity contribution in [1.82, 2.24) is 4.90 Å². The minimum absolute atomic E-state index is 0.611. The molecule has 1 unspecified atom stereocenters. The molecule has 0 saturated carbocycles. The van der Waals surface area contributed by atoms with Crippen molar-refractivity contribution in [2.24, 2.45) is 5.11 Å². The van der Waals surface area contributed by atoms with Gasteiger partial charge in [0.05, 0.1) is 0 Å². The highest BCUT2D eigenvalue weighted by Gasteiger charge is 2.19. The van der Waals surface area contributed by atoms with E-state index in [9.17, 15) is 0 Å². The molecular weight excluding hydrogens is 308 g/mol. The molecule has 132 valence electrons. The summed E-state index contributed by atoms with van der Waals surface area (Å²) in [5, 5.41) is 3.62. The van der Waals surface area contributed by atoms with Crippen molar-refractivity contribution < 1.29 is 0 Å². The largest absolute Gasteiger partial charge is 0.300 e. The molecule has 0 bridgehead atoms. The van der Waals surface area contributed by atoms with Crippen molar-refractivity contribution in [3.63, 3.8) is 0 Å². The van der Waals surface area contributed by atoms with E-state index in [1.165, 1.54) is 18.4 Å². The summed E-state index contributed by atoms with van der Waals surface area (Å²) in [5.41, 5.74) is 10.7. The van der Waals surface area contributed by atoms with Gasteiger partial charge in [-0.05, 0) is 74.9 Å². The SMILES string of the molecule is CCCN(CCCCN=[N+]=[N-])C1CC=C(C#Cc2ccccc2)CC1. The Hall–Kier alpha value is -2.21. The van der Waals surface area contributed by atoms with Gasteiger partial charge in [0.2, 0.25) is 0 Å². The number of azide groups is 1. The summed E-state index contributed by atoms with van der Waals surface area (Å²) < 4.78 is 0. The summed E-state index contributed by atoms with van der Waals surface area (Å²) in [7, 11) is 0. The fourth-order valence-corrected chi connectivity index (χ4v) is 3.25. The van der Waals surface area contributed by atoms with Crippen molar-refractivity contribution in [2.75, 3.05) is 19.6 Å². The zero-order valence-corrected chi connectivity index (χ0v) is 15.2. The second-order valence-corrected chi connectivity index (χ2v) is 6.47. The fraction of sp³-hybridized carbons (Fsp3) is 0.524. The van der Waals surface area contributed by atoms with Gasteiger partial charge in [0.1, 0.15) is 0 Å². The fourth-order valence-electron chi connectivity index (χ4n) is 3.25. The summed E-state index contributed by atoms with van der Waals surface area (Å²) in [6.07, 6.45) is 8.93. The molecule has 0 saturated heterocycles. The third kappa shape index (κ3) is 7.05. The Morgan fingerprint density at radius 2 is 2.04 bits per heavy atom. The monoisotopic (exact) mass is 336 g/mol. The Morgan fingerprint density at radius 3 is 2.72 bits per heavy atom. The van der Waals surface area contributed by atoms with Gasteiger partial charge in [-0.15, -0.1) is 0 Å². The molecule has 0 N–H and O–H groups in total. The van der Waals surface area contributed by atoms with Crippen LogP contribution in [0.1, 0.15) is 51.0 Å². The van der Waals surface area contributed by atoms with Crippen molar-refractivity contribution in [1.29, 1.82) is 0 Å². The normalized spacial score (nSPS) is 16.6. The van der Waals surface area contributed by atoms with E-state index in [0.717, 1.165) is 44.3 Å². The summed E-state index contributed by atoms with van der Waals surface area (Å²) in [6.45, 7) is 5.09. The highest BCUT2D eigenvalue weighted by molar-refractivity contribution is 5.41. The minimum atomic E-state index is 0.611. The molecule has 4 heteroatoms. The van der Waals surface area contributed by atoms with Crippen molar-refractivity contribution in [3.8, 4) is 11.8 Å². The zero-order valence-electron chi connectivity index (χ0n) is 15.2.